The number of allylic oxidation sites excluding steroid dienone is 2. The molecule has 0 fully saturated rings. The van der Waals surface area contributed by atoms with Crippen LogP contribution in [-0.4, -0.2) is 0 Å². The highest BCUT2D eigenvalue weighted by atomic mass is 14.2. The average Bonchev–Trinajstić information content (AvgIpc) is 1.83. The molecule has 0 aromatic carbocycles. The smallest absolute Gasteiger partial charge is 0.0292 e. The molecular formula is C12H22. The molecule has 0 atom stereocenters. The minimum atomic E-state index is 0.735. The Hall–Kier alpha value is -0.520. The van der Waals surface area contributed by atoms with Crippen LogP contribution in [0.15, 0.2) is 24.3 Å². The van der Waals surface area contributed by atoms with Gasteiger partial charge in [-0.2, -0.15) is 0 Å². The second kappa shape index (κ2) is 5.18. The number of hydrogen-bond donors (Lipinski definition) is 0. The topological polar surface area (TPSA) is 0 Å². The Labute approximate surface area is 77.4 Å². The Morgan fingerprint density at radius 3 is 1.50 bits per heavy atom. The summed E-state index contributed by atoms with van der Waals surface area (Å²) in [6.07, 6.45) is 2.29. The van der Waals surface area contributed by atoms with E-state index in [1.165, 1.54) is 11.1 Å². The first-order chi connectivity index (χ1) is 5.43. The first-order valence-corrected chi connectivity index (χ1v) is 4.72. The van der Waals surface area contributed by atoms with E-state index in [2.05, 4.69) is 40.9 Å². The van der Waals surface area contributed by atoms with Crippen LogP contribution >= 0.6 is 0 Å². The van der Waals surface area contributed by atoms with Gasteiger partial charge in [-0.25, -0.2) is 0 Å². The van der Waals surface area contributed by atoms with Gasteiger partial charge in [-0.15, -0.1) is 13.2 Å². The second-order valence-corrected chi connectivity index (χ2v) is 4.33. The molecule has 0 radical (unpaired) electrons. The first kappa shape index (κ1) is 11.5. The van der Waals surface area contributed by atoms with E-state index in [1.807, 2.05) is 0 Å². The summed E-state index contributed by atoms with van der Waals surface area (Å²) < 4.78 is 0. The van der Waals surface area contributed by atoms with Crippen LogP contribution in [0.1, 0.15) is 40.5 Å². The Bertz CT molecular complexity index is 147. The molecule has 0 aromatic heterocycles. The third kappa shape index (κ3) is 5.17. The summed E-state index contributed by atoms with van der Waals surface area (Å²) in [5, 5.41) is 0. The molecular weight excluding hydrogens is 144 g/mol. The first-order valence-electron chi connectivity index (χ1n) is 4.72. The molecule has 0 aromatic rings. The molecule has 0 saturated heterocycles. The van der Waals surface area contributed by atoms with E-state index < -0.39 is 0 Å². The fourth-order valence-corrected chi connectivity index (χ4v) is 1.44. The summed E-state index contributed by atoms with van der Waals surface area (Å²) in [5.41, 5.74) is 2.57. The highest BCUT2D eigenvalue weighted by molar-refractivity contribution is 4.97. The quantitative estimate of drug-likeness (QED) is 0.537. The van der Waals surface area contributed by atoms with Crippen LogP contribution in [0.2, 0.25) is 0 Å². The molecule has 0 saturated carbocycles. The zero-order valence-electron chi connectivity index (χ0n) is 8.98. The fourth-order valence-electron chi connectivity index (χ4n) is 1.44. The molecule has 0 aliphatic heterocycles. The normalized spacial score (nSPS) is 10.8. The number of rotatable bonds is 5. The molecule has 0 heteroatoms. The van der Waals surface area contributed by atoms with Gasteiger partial charge in [-0.1, -0.05) is 25.0 Å². The largest absolute Gasteiger partial charge is 0.100 e. The molecule has 12 heavy (non-hydrogen) atoms. The van der Waals surface area contributed by atoms with Crippen molar-refractivity contribution in [2.75, 3.05) is 0 Å². The van der Waals surface area contributed by atoms with E-state index in [0.717, 1.165) is 24.7 Å². The van der Waals surface area contributed by atoms with Gasteiger partial charge in [-0.05, 0) is 38.5 Å². The Morgan fingerprint density at radius 2 is 1.33 bits per heavy atom. The lowest BCUT2D eigenvalue weighted by Gasteiger charge is -2.20. The molecule has 0 amide bonds. The molecule has 0 unspecified atom stereocenters. The van der Waals surface area contributed by atoms with Crippen molar-refractivity contribution in [3.63, 3.8) is 0 Å². The minimum Gasteiger partial charge on any atom is -0.100 e. The lowest BCUT2D eigenvalue weighted by Crippen LogP contribution is -2.09. The minimum absolute atomic E-state index is 0.735. The van der Waals surface area contributed by atoms with Crippen LogP contribution in [-0.2, 0) is 0 Å². The maximum atomic E-state index is 3.95. The fraction of sp³-hybridized carbons (Fsp3) is 0.667. The van der Waals surface area contributed by atoms with Gasteiger partial charge >= 0.3 is 0 Å². The summed E-state index contributed by atoms with van der Waals surface area (Å²) >= 11 is 0. The van der Waals surface area contributed by atoms with E-state index in [-0.39, 0.29) is 0 Å². The highest BCUT2D eigenvalue weighted by Crippen LogP contribution is 2.25. The lowest BCUT2D eigenvalue weighted by atomic mass is 9.85. The number of hydrogen-bond acceptors (Lipinski definition) is 0. The van der Waals surface area contributed by atoms with E-state index in [1.54, 1.807) is 0 Å². The van der Waals surface area contributed by atoms with E-state index in [9.17, 15) is 0 Å². The van der Waals surface area contributed by atoms with Crippen LogP contribution in [0.5, 0.6) is 0 Å². The molecule has 0 aliphatic carbocycles. The SMILES string of the molecule is C=C(C)CC(CC(=C)C)C(C)C. The molecule has 0 nitrogen and oxygen atoms in total. The van der Waals surface area contributed by atoms with Crippen LogP contribution < -0.4 is 0 Å². The van der Waals surface area contributed by atoms with Crippen LogP contribution in [0, 0.1) is 11.8 Å². The Kier molecular flexibility index (Phi) is 4.96. The zero-order valence-corrected chi connectivity index (χ0v) is 8.98. The molecule has 0 rings (SSSR count). The van der Waals surface area contributed by atoms with Crippen LogP contribution in [0.3, 0.4) is 0 Å². The van der Waals surface area contributed by atoms with Crippen molar-refractivity contribution in [1.82, 2.24) is 0 Å². The Morgan fingerprint density at radius 1 is 1.00 bits per heavy atom. The van der Waals surface area contributed by atoms with Gasteiger partial charge in [0.05, 0.1) is 0 Å². The zero-order chi connectivity index (χ0) is 9.72. The standard InChI is InChI=1S/C12H22/c1-9(2)7-12(11(5)6)8-10(3)4/h11-12H,1,3,7-8H2,2,4-6H3. The maximum absolute atomic E-state index is 3.95. The van der Waals surface area contributed by atoms with Gasteiger partial charge in [0.15, 0.2) is 0 Å². The van der Waals surface area contributed by atoms with Crippen molar-refractivity contribution < 1.29 is 0 Å². The van der Waals surface area contributed by atoms with Crippen LogP contribution in [0.4, 0.5) is 0 Å². The molecule has 0 bridgehead atoms. The maximum Gasteiger partial charge on any atom is -0.0292 e. The second-order valence-electron chi connectivity index (χ2n) is 4.33. The van der Waals surface area contributed by atoms with Gasteiger partial charge in [0.25, 0.3) is 0 Å². The monoisotopic (exact) mass is 166 g/mol. The van der Waals surface area contributed by atoms with Gasteiger partial charge < -0.3 is 0 Å². The lowest BCUT2D eigenvalue weighted by molar-refractivity contribution is 0.379. The van der Waals surface area contributed by atoms with Crippen LogP contribution in [0.25, 0.3) is 0 Å². The van der Waals surface area contributed by atoms with Crippen molar-refractivity contribution in [2.24, 2.45) is 11.8 Å². The summed E-state index contributed by atoms with van der Waals surface area (Å²) in [6, 6.07) is 0. The molecule has 0 spiro atoms. The molecule has 0 N–H and O–H groups in total. The molecule has 0 heterocycles. The van der Waals surface area contributed by atoms with E-state index >= 15 is 0 Å². The summed E-state index contributed by atoms with van der Waals surface area (Å²) in [5.74, 6) is 1.47. The summed E-state index contributed by atoms with van der Waals surface area (Å²) in [7, 11) is 0. The molecule has 70 valence electrons. The van der Waals surface area contributed by atoms with Gasteiger partial charge in [0.1, 0.15) is 0 Å². The Balaban J connectivity index is 4.04. The van der Waals surface area contributed by atoms with E-state index in [0.29, 0.717) is 0 Å². The van der Waals surface area contributed by atoms with Crippen molar-refractivity contribution in [2.45, 2.75) is 40.5 Å². The predicted octanol–water partition coefficient (Wildman–Crippen LogP) is 4.19. The van der Waals surface area contributed by atoms with E-state index in [4.69, 9.17) is 0 Å². The molecule has 0 aliphatic rings. The third-order valence-electron chi connectivity index (χ3n) is 2.16. The van der Waals surface area contributed by atoms with Gasteiger partial charge in [0.2, 0.25) is 0 Å². The van der Waals surface area contributed by atoms with Gasteiger partial charge in [-0.3, -0.25) is 0 Å². The van der Waals surface area contributed by atoms with Crippen molar-refractivity contribution >= 4 is 0 Å². The van der Waals surface area contributed by atoms with Crippen molar-refractivity contribution in [3.8, 4) is 0 Å². The van der Waals surface area contributed by atoms with Gasteiger partial charge in [0, 0.05) is 0 Å². The van der Waals surface area contributed by atoms with Crippen molar-refractivity contribution in [1.29, 1.82) is 0 Å². The average molecular weight is 166 g/mol. The highest BCUT2D eigenvalue weighted by Gasteiger charge is 2.12. The third-order valence-corrected chi connectivity index (χ3v) is 2.16. The summed E-state index contributed by atoms with van der Waals surface area (Å²) in [4.78, 5) is 0. The predicted molar refractivity (Wildman–Crippen MR) is 57.2 cm³/mol. The van der Waals surface area contributed by atoms with Crippen molar-refractivity contribution in [3.05, 3.63) is 24.3 Å². The summed E-state index contributed by atoms with van der Waals surface area (Å²) in [6.45, 7) is 16.7.